The van der Waals surface area contributed by atoms with Gasteiger partial charge >= 0.3 is 12.2 Å². The first kappa shape index (κ1) is 40.1. The van der Waals surface area contributed by atoms with Gasteiger partial charge in [0, 0.05) is 53.8 Å². The van der Waals surface area contributed by atoms with E-state index < -0.39 is 23.4 Å². The monoisotopic (exact) mass is 926 g/mol. The molecule has 0 aromatic carbocycles. The molecule has 34 heavy (non-hydrogen) atoms. The Morgan fingerprint density at radius 1 is 0.882 bits per heavy atom. The molecule has 2 N–H and O–H groups in total. The van der Waals surface area contributed by atoms with Crippen LogP contribution in [0.4, 0.5) is 21.2 Å². The van der Waals surface area contributed by atoms with Gasteiger partial charge < -0.3 is 30.1 Å². The van der Waals surface area contributed by atoms with E-state index in [1.165, 1.54) is 0 Å². The molecule has 0 aliphatic rings. The van der Waals surface area contributed by atoms with Gasteiger partial charge in [-0.3, -0.25) is 0 Å². The molecule has 0 spiro atoms. The average Bonchev–Trinajstić information content (AvgIpc) is 2.63. The second-order valence-corrected chi connectivity index (χ2v) is 7.96. The number of amides is 2. The fraction of sp³-hybridized carbons (Fsp3) is 0.478. The third kappa shape index (κ3) is 21.5. The molecule has 0 radical (unpaired) electrons. The van der Waals surface area contributed by atoms with Crippen LogP contribution in [0.3, 0.4) is 0 Å². The molecule has 2 rings (SSSR count). The Morgan fingerprint density at radius 2 is 1.35 bits per heavy atom. The molecule has 2 amide bonds. The van der Waals surface area contributed by atoms with E-state index in [1.54, 1.807) is 51.4 Å². The summed E-state index contributed by atoms with van der Waals surface area (Å²) in [6.45, 7) is 12.7. The Balaban J connectivity index is -0.000000228. The molecule has 2 aromatic rings. The molecular formula is C23H35IN4O4W2-2. The van der Waals surface area contributed by atoms with Gasteiger partial charge in [0.25, 0.3) is 0 Å². The van der Waals surface area contributed by atoms with Crippen LogP contribution in [0.1, 0.15) is 54.5 Å². The zero-order chi connectivity index (χ0) is 24.1. The SMILES string of the molecule is C.CC(C)(C)OC(=O)Nc1c[c-]ccn1.CI.Cc1[c-]ccnc1NC(=O)OC(C)(C)C.[W].[W]. The van der Waals surface area contributed by atoms with Gasteiger partial charge in [-0.25, -0.2) is 9.59 Å². The second kappa shape index (κ2) is 20.2. The zero-order valence-corrected chi connectivity index (χ0v) is 28.1. The molecule has 0 bridgehead atoms. The molecule has 8 nitrogen and oxygen atoms in total. The first-order valence-electron chi connectivity index (χ1n) is 9.39. The van der Waals surface area contributed by atoms with Crippen LogP contribution in [0.25, 0.3) is 0 Å². The van der Waals surface area contributed by atoms with Crippen LogP contribution in [0, 0.1) is 19.1 Å². The van der Waals surface area contributed by atoms with Crippen molar-refractivity contribution in [2.24, 2.45) is 0 Å². The van der Waals surface area contributed by atoms with E-state index >= 15 is 0 Å². The molecule has 2 aromatic heterocycles. The van der Waals surface area contributed by atoms with Crippen LogP contribution in [-0.4, -0.2) is 38.3 Å². The Labute approximate surface area is 246 Å². The number of halogens is 1. The number of anilines is 2. The predicted molar refractivity (Wildman–Crippen MR) is 137 cm³/mol. The van der Waals surface area contributed by atoms with E-state index in [0.717, 1.165) is 5.56 Å². The van der Waals surface area contributed by atoms with E-state index in [9.17, 15) is 9.59 Å². The van der Waals surface area contributed by atoms with Crippen molar-refractivity contribution in [3.05, 3.63) is 48.3 Å². The van der Waals surface area contributed by atoms with Crippen molar-refractivity contribution in [2.45, 2.75) is 67.1 Å². The molecule has 192 valence electrons. The quantitative estimate of drug-likeness (QED) is 0.204. The number of hydrogen-bond donors (Lipinski definition) is 2. The number of nitrogens with zero attached hydrogens (tertiary/aromatic N) is 2. The minimum atomic E-state index is -0.510. The smallest absolute Gasteiger partial charge is 0.402 e. The van der Waals surface area contributed by atoms with Crippen molar-refractivity contribution in [2.75, 3.05) is 15.6 Å². The molecule has 0 atom stereocenters. The fourth-order valence-electron chi connectivity index (χ4n) is 1.77. The van der Waals surface area contributed by atoms with Gasteiger partial charge in [-0.2, -0.15) is 24.3 Å². The summed E-state index contributed by atoms with van der Waals surface area (Å²) in [5.74, 6) is 0.911. The maximum atomic E-state index is 11.4. The molecule has 0 unspecified atom stereocenters. The summed E-state index contributed by atoms with van der Waals surface area (Å²) < 4.78 is 10.1. The van der Waals surface area contributed by atoms with Gasteiger partial charge in [0.1, 0.15) is 11.2 Å². The van der Waals surface area contributed by atoms with Crippen molar-refractivity contribution in [3.8, 4) is 0 Å². The number of carbonyl (C=O) groups excluding carboxylic acids is 2. The van der Waals surface area contributed by atoms with E-state index in [1.807, 2.05) is 32.6 Å². The number of carbonyl (C=O) groups is 2. The van der Waals surface area contributed by atoms with Crippen molar-refractivity contribution < 1.29 is 61.2 Å². The summed E-state index contributed by atoms with van der Waals surface area (Å²) in [4.78, 5) is 32.5. The number of nitrogens with one attached hydrogen (secondary N) is 2. The van der Waals surface area contributed by atoms with Crippen molar-refractivity contribution in [1.29, 1.82) is 0 Å². The summed E-state index contributed by atoms with van der Waals surface area (Å²) >= 11 is 2.15. The molecule has 11 heteroatoms. The van der Waals surface area contributed by atoms with Crippen LogP contribution in [0.15, 0.2) is 30.6 Å². The molecule has 0 aliphatic heterocycles. The van der Waals surface area contributed by atoms with Crippen LogP contribution >= 0.6 is 22.6 Å². The Hall–Kier alpha value is -1.05. The first-order valence-corrected chi connectivity index (χ1v) is 11.5. The van der Waals surface area contributed by atoms with Crippen molar-refractivity contribution >= 4 is 46.4 Å². The predicted octanol–water partition coefficient (Wildman–Crippen LogP) is 6.45. The standard InChI is InChI=1S/C11H15N2O2.C10H13N2O2.CH3I.CH4.2W/c1-8-6-5-7-12-9(8)13-10(14)15-11(2,3)4;1-10(2,3)14-9(13)12-8-6-4-5-7-11-8;1-2;;;/h5,7H,1-4H3,(H,12,13,14);5-7H,1-3H3,(H,11,12,13);1H3;1H4;;/q2*-1;;;;. The summed E-state index contributed by atoms with van der Waals surface area (Å²) in [5, 5.41) is 5.06. The largest absolute Gasteiger partial charge is 0.444 e. The Morgan fingerprint density at radius 3 is 1.76 bits per heavy atom. The Kier molecular flexibility index (Phi) is 23.8. The molecule has 0 fully saturated rings. The second-order valence-electron chi connectivity index (χ2n) is 7.96. The van der Waals surface area contributed by atoms with Gasteiger partial charge in [-0.05, 0) is 46.5 Å². The van der Waals surface area contributed by atoms with Gasteiger partial charge in [-0.15, -0.1) is 11.6 Å². The zero-order valence-electron chi connectivity index (χ0n) is 20.1. The van der Waals surface area contributed by atoms with Crippen molar-refractivity contribution in [3.63, 3.8) is 0 Å². The van der Waals surface area contributed by atoms with Gasteiger partial charge in [0.2, 0.25) is 0 Å². The number of rotatable bonds is 2. The summed E-state index contributed by atoms with van der Waals surface area (Å²) in [5.41, 5.74) is -0.220. The van der Waals surface area contributed by atoms with E-state index in [4.69, 9.17) is 9.47 Å². The minimum Gasteiger partial charge on any atom is -0.444 e. The third-order valence-corrected chi connectivity index (χ3v) is 2.79. The minimum absolute atomic E-state index is 0. The maximum absolute atomic E-state index is 11.4. The number of hydrogen-bond acceptors (Lipinski definition) is 6. The summed E-state index contributed by atoms with van der Waals surface area (Å²) in [6.07, 6.45) is 2.11. The first-order chi connectivity index (χ1) is 14.4. The van der Waals surface area contributed by atoms with Gasteiger partial charge in [0.15, 0.2) is 0 Å². The normalized spacial score (nSPS) is 9.44. The van der Waals surface area contributed by atoms with Gasteiger partial charge in [-0.1, -0.05) is 49.3 Å². The third-order valence-electron chi connectivity index (χ3n) is 2.79. The maximum Gasteiger partial charge on any atom is 0.402 e. The summed E-state index contributed by atoms with van der Waals surface area (Å²) in [6, 6.07) is 10.6. The average molecular weight is 926 g/mol. The fourth-order valence-corrected chi connectivity index (χ4v) is 1.77. The van der Waals surface area contributed by atoms with E-state index in [0.29, 0.717) is 11.6 Å². The molecule has 0 aliphatic carbocycles. The van der Waals surface area contributed by atoms with Crippen LogP contribution in [-0.2, 0) is 51.6 Å². The Bertz CT molecular complexity index is 815. The number of alkyl halides is 1. The molecular weight excluding hydrogens is 891 g/mol. The molecule has 0 saturated carbocycles. The van der Waals surface area contributed by atoms with E-state index in [2.05, 4.69) is 55.3 Å². The van der Waals surface area contributed by atoms with Crippen LogP contribution in [0.5, 0.6) is 0 Å². The summed E-state index contributed by atoms with van der Waals surface area (Å²) in [7, 11) is 0. The number of pyridine rings is 2. The molecule has 2 heterocycles. The topological polar surface area (TPSA) is 102 Å². The number of aromatic nitrogens is 2. The van der Waals surface area contributed by atoms with E-state index in [-0.39, 0.29) is 49.6 Å². The molecule has 0 saturated heterocycles. The van der Waals surface area contributed by atoms with Gasteiger partial charge in [0.05, 0.1) is 0 Å². The van der Waals surface area contributed by atoms with Crippen molar-refractivity contribution in [1.82, 2.24) is 9.97 Å². The number of aryl methyl sites for hydroxylation is 1. The number of ether oxygens (including phenoxy) is 2. The van der Waals surface area contributed by atoms with Crippen LogP contribution < -0.4 is 10.6 Å². The van der Waals surface area contributed by atoms with Crippen LogP contribution in [0.2, 0.25) is 0 Å².